The Morgan fingerprint density at radius 2 is 2.20 bits per heavy atom. The molecule has 0 radical (unpaired) electrons. The Kier molecular flexibility index (Phi) is 4.32. The number of hydrogen-bond acceptors (Lipinski definition) is 3. The van der Waals surface area contributed by atoms with E-state index in [1.54, 1.807) is 37.1 Å². The maximum Gasteiger partial charge on any atom is 0.326 e. The molecule has 0 bridgehead atoms. The number of carboxylic acid groups (broad SMARTS) is 1. The van der Waals surface area contributed by atoms with Crippen molar-refractivity contribution >= 4 is 12.0 Å². The molecule has 1 aliphatic rings. The summed E-state index contributed by atoms with van der Waals surface area (Å²) < 4.78 is 5.25. The van der Waals surface area contributed by atoms with Crippen LogP contribution in [0.1, 0.15) is 32.4 Å². The molecule has 2 amide bonds. The average Bonchev–Trinajstić information content (AvgIpc) is 3.09. The van der Waals surface area contributed by atoms with E-state index in [4.69, 9.17) is 9.52 Å². The summed E-state index contributed by atoms with van der Waals surface area (Å²) in [5.74, 6) is -0.480. The van der Waals surface area contributed by atoms with Crippen LogP contribution in [0.25, 0.3) is 0 Å². The van der Waals surface area contributed by atoms with E-state index in [0.717, 1.165) is 12.8 Å². The maximum atomic E-state index is 12.3. The monoisotopic (exact) mass is 280 g/mol. The number of aliphatic carboxylic acids is 1. The van der Waals surface area contributed by atoms with Crippen molar-refractivity contribution in [3.63, 3.8) is 0 Å². The van der Waals surface area contributed by atoms with Crippen molar-refractivity contribution in [3.8, 4) is 0 Å². The van der Waals surface area contributed by atoms with Gasteiger partial charge in [-0.15, -0.1) is 0 Å². The van der Waals surface area contributed by atoms with Gasteiger partial charge in [-0.3, -0.25) is 0 Å². The summed E-state index contributed by atoms with van der Waals surface area (Å²) in [5, 5.41) is 11.7. The van der Waals surface area contributed by atoms with Gasteiger partial charge in [-0.1, -0.05) is 13.8 Å². The van der Waals surface area contributed by atoms with Crippen LogP contribution < -0.4 is 5.32 Å². The van der Waals surface area contributed by atoms with Gasteiger partial charge in [-0.2, -0.15) is 0 Å². The van der Waals surface area contributed by atoms with Crippen LogP contribution in [0.2, 0.25) is 0 Å². The SMILES string of the molecule is CC(C)[C@H](NC(=O)N(Cc1ccco1)C1CC1)C(=O)O. The van der Waals surface area contributed by atoms with Crippen LogP contribution in [-0.2, 0) is 11.3 Å². The van der Waals surface area contributed by atoms with E-state index in [9.17, 15) is 9.59 Å². The zero-order chi connectivity index (χ0) is 14.7. The maximum absolute atomic E-state index is 12.3. The number of hydrogen-bond donors (Lipinski definition) is 2. The van der Waals surface area contributed by atoms with Crippen LogP contribution in [0.4, 0.5) is 4.79 Å². The van der Waals surface area contributed by atoms with Crippen molar-refractivity contribution < 1.29 is 19.1 Å². The molecule has 1 aromatic rings. The molecule has 20 heavy (non-hydrogen) atoms. The summed E-state index contributed by atoms with van der Waals surface area (Å²) >= 11 is 0. The van der Waals surface area contributed by atoms with E-state index in [1.807, 2.05) is 0 Å². The van der Waals surface area contributed by atoms with Gasteiger partial charge < -0.3 is 19.7 Å². The van der Waals surface area contributed by atoms with Crippen molar-refractivity contribution in [3.05, 3.63) is 24.2 Å². The lowest BCUT2D eigenvalue weighted by molar-refractivity contribution is -0.140. The molecule has 1 fully saturated rings. The van der Waals surface area contributed by atoms with Crippen LogP contribution in [0.5, 0.6) is 0 Å². The van der Waals surface area contributed by atoms with Crippen molar-refractivity contribution in [2.24, 2.45) is 5.92 Å². The second kappa shape index (κ2) is 5.98. The van der Waals surface area contributed by atoms with Crippen LogP contribution in [0.15, 0.2) is 22.8 Å². The first kappa shape index (κ1) is 14.4. The van der Waals surface area contributed by atoms with Crippen LogP contribution in [-0.4, -0.2) is 34.1 Å². The van der Waals surface area contributed by atoms with Crippen LogP contribution >= 0.6 is 0 Å². The predicted molar refractivity (Wildman–Crippen MR) is 72.1 cm³/mol. The number of nitrogens with one attached hydrogen (secondary N) is 1. The second-order valence-corrected chi connectivity index (χ2v) is 5.45. The Hall–Kier alpha value is -1.98. The number of urea groups is 1. The molecule has 0 spiro atoms. The molecule has 1 aliphatic carbocycles. The molecule has 1 heterocycles. The minimum absolute atomic E-state index is 0.166. The van der Waals surface area contributed by atoms with Gasteiger partial charge in [-0.25, -0.2) is 9.59 Å². The third-order valence-corrected chi connectivity index (χ3v) is 3.37. The standard InChI is InChI=1S/C14H20N2O4/c1-9(2)12(13(17)18)15-14(19)16(10-5-6-10)8-11-4-3-7-20-11/h3-4,7,9-10,12H,5-6,8H2,1-2H3,(H,15,19)(H,17,18)/t12-/m0/s1. The van der Waals surface area contributed by atoms with Gasteiger partial charge >= 0.3 is 12.0 Å². The zero-order valence-corrected chi connectivity index (χ0v) is 11.7. The fourth-order valence-electron chi connectivity index (χ4n) is 2.05. The van der Waals surface area contributed by atoms with E-state index < -0.39 is 12.0 Å². The molecule has 6 nitrogen and oxygen atoms in total. The lowest BCUT2D eigenvalue weighted by Crippen LogP contribution is -2.50. The number of carboxylic acids is 1. The Morgan fingerprint density at radius 1 is 1.50 bits per heavy atom. The first-order chi connectivity index (χ1) is 9.49. The first-order valence-corrected chi connectivity index (χ1v) is 6.81. The number of nitrogens with zero attached hydrogens (tertiary/aromatic N) is 1. The first-order valence-electron chi connectivity index (χ1n) is 6.81. The molecule has 2 rings (SSSR count). The summed E-state index contributed by atoms with van der Waals surface area (Å²) in [5.41, 5.74) is 0. The highest BCUT2D eigenvalue weighted by Gasteiger charge is 2.35. The molecule has 1 saturated carbocycles. The number of rotatable bonds is 6. The highest BCUT2D eigenvalue weighted by atomic mass is 16.4. The van der Waals surface area contributed by atoms with Gasteiger partial charge in [0.05, 0.1) is 12.8 Å². The third-order valence-electron chi connectivity index (χ3n) is 3.37. The zero-order valence-electron chi connectivity index (χ0n) is 11.7. The van der Waals surface area contributed by atoms with Gasteiger partial charge in [0, 0.05) is 6.04 Å². The third kappa shape index (κ3) is 3.53. The predicted octanol–water partition coefficient (Wildman–Crippen LogP) is 2.06. The lowest BCUT2D eigenvalue weighted by Gasteiger charge is -2.25. The molecule has 110 valence electrons. The van der Waals surface area contributed by atoms with E-state index in [0.29, 0.717) is 12.3 Å². The molecule has 1 atom stereocenters. The van der Waals surface area contributed by atoms with Gasteiger partial charge in [0.2, 0.25) is 0 Å². The summed E-state index contributed by atoms with van der Waals surface area (Å²) in [7, 11) is 0. The molecular formula is C14H20N2O4. The Labute approximate surface area is 117 Å². The van der Waals surface area contributed by atoms with E-state index in [-0.39, 0.29) is 18.0 Å². The fraction of sp³-hybridized carbons (Fsp3) is 0.571. The van der Waals surface area contributed by atoms with E-state index in [1.165, 1.54) is 0 Å². The Morgan fingerprint density at radius 3 is 2.65 bits per heavy atom. The minimum atomic E-state index is -1.01. The average molecular weight is 280 g/mol. The number of furan rings is 1. The number of carbonyl (C=O) groups is 2. The largest absolute Gasteiger partial charge is 0.480 e. The van der Waals surface area contributed by atoms with Crippen LogP contribution in [0, 0.1) is 5.92 Å². The highest BCUT2D eigenvalue weighted by Crippen LogP contribution is 2.28. The van der Waals surface area contributed by atoms with E-state index >= 15 is 0 Å². The molecule has 0 aromatic carbocycles. The van der Waals surface area contributed by atoms with Gasteiger partial charge in [-0.05, 0) is 30.9 Å². The van der Waals surface area contributed by atoms with Crippen molar-refractivity contribution in [2.75, 3.05) is 0 Å². The smallest absolute Gasteiger partial charge is 0.326 e. The Balaban J connectivity index is 2.01. The van der Waals surface area contributed by atoms with Crippen molar-refractivity contribution in [1.82, 2.24) is 10.2 Å². The normalized spacial score (nSPS) is 15.9. The molecule has 0 unspecified atom stereocenters. The fourth-order valence-corrected chi connectivity index (χ4v) is 2.05. The minimum Gasteiger partial charge on any atom is -0.480 e. The summed E-state index contributed by atoms with van der Waals surface area (Å²) in [6.07, 6.45) is 3.47. The Bertz CT molecular complexity index is 466. The molecule has 2 N–H and O–H groups in total. The van der Waals surface area contributed by atoms with Gasteiger partial charge in [0.25, 0.3) is 0 Å². The highest BCUT2D eigenvalue weighted by molar-refractivity contribution is 5.83. The van der Waals surface area contributed by atoms with Crippen LogP contribution in [0.3, 0.4) is 0 Å². The molecular weight excluding hydrogens is 260 g/mol. The van der Waals surface area contributed by atoms with Crippen molar-refractivity contribution in [2.45, 2.75) is 45.3 Å². The quantitative estimate of drug-likeness (QED) is 0.835. The molecule has 6 heteroatoms. The van der Waals surface area contributed by atoms with Gasteiger partial charge in [0.1, 0.15) is 11.8 Å². The second-order valence-electron chi connectivity index (χ2n) is 5.45. The van der Waals surface area contributed by atoms with Gasteiger partial charge in [0.15, 0.2) is 0 Å². The summed E-state index contributed by atoms with van der Waals surface area (Å²) in [6.45, 7) is 3.91. The summed E-state index contributed by atoms with van der Waals surface area (Å²) in [6, 6.07) is 2.54. The molecule has 0 saturated heterocycles. The van der Waals surface area contributed by atoms with Crippen molar-refractivity contribution in [1.29, 1.82) is 0 Å². The summed E-state index contributed by atoms with van der Waals surface area (Å²) in [4.78, 5) is 25.1. The number of amides is 2. The van der Waals surface area contributed by atoms with E-state index in [2.05, 4.69) is 5.32 Å². The lowest BCUT2D eigenvalue weighted by atomic mass is 10.1. The molecule has 0 aliphatic heterocycles. The topological polar surface area (TPSA) is 82.8 Å². The molecule has 1 aromatic heterocycles. The number of carbonyl (C=O) groups excluding carboxylic acids is 1.